The van der Waals surface area contributed by atoms with E-state index in [-0.39, 0.29) is 11.8 Å². The SMILES string of the molecule is O=C(Nc1ccccc1C(=O)Nc1ccc(Cl)cc1)c1ccccc1Br. The minimum Gasteiger partial charge on any atom is -0.322 e. The Labute approximate surface area is 164 Å². The van der Waals surface area contributed by atoms with Crippen LogP contribution >= 0.6 is 27.5 Å². The van der Waals surface area contributed by atoms with Crippen molar-refractivity contribution >= 4 is 50.7 Å². The summed E-state index contributed by atoms with van der Waals surface area (Å²) in [6, 6.07) is 20.7. The van der Waals surface area contributed by atoms with Crippen molar-refractivity contribution in [1.29, 1.82) is 0 Å². The molecule has 0 radical (unpaired) electrons. The van der Waals surface area contributed by atoms with E-state index in [0.717, 1.165) is 0 Å². The summed E-state index contributed by atoms with van der Waals surface area (Å²) in [6.07, 6.45) is 0. The highest BCUT2D eigenvalue weighted by Gasteiger charge is 2.15. The van der Waals surface area contributed by atoms with Gasteiger partial charge in [-0.05, 0) is 64.5 Å². The van der Waals surface area contributed by atoms with Crippen LogP contribution in [-0.2, 0) is 0 Å². The third-order valence-electron chi connectivity index (χ3n) is 3.64. The molecule has 3 aromatic rings. The molecule has 0 bridgehead atoms. The molecule has 3 rings (SSSR count). The second-order valence-electron chi connectivity index (χ2n) is 5.44. The van der Waals surface area contributed by atoms with Gasteiger partial charge in [0, 0.05) is 15.2 Å². The van der Waals surface area contributed by atoms with Crippen molar-refractivity contribution in [3.8, 4) is 0 Å². The average Bonchev–Trinajstić information content (AvgIpc) is 2.64. The Morgan fingerprint density at radius 2 is 1.31 bits per heavy atom. The molecule has 4 nitrogen and oxygen atoms in total. The van der Waals surface area contributed by atoms with Crippen LogP contribution < -0.4 is 10.6 Å². The molecule has 0 atom stereocenters. The molecule has 0 saturated heterocycles. The van der Waals surface area contributed by atoms with Crippen LogP contribution in [0.2, 0.25) is 5.02 Å². The number of para-hydroxylation sites is 1. The summed E-state index contributed by atoms with van der Waals surface area (Å²) in [7, 11) is 0. The molecule has 0 spiro atoms. The lowest BCUT2D eigenvalue weighted by Crippen LogP contribution is -2.18. The van der Waals surface area contributed by atoms with Gasteiger partial charge < -0.3 is 10.6 Å². The molecular formula is C20H14BrClN2O2. The molecule has 0 aromatic heterocycles. The molecule has 2 amide bonds. The van der Waals surface area contributed by atoms with Crippen molar-refractivity contribution in [2.24, 2.45) is 0 Å². The predicted octanol–water partition coefficient (Wildman–Crippen LogP) is 5.61. The number of nitrogens with one attached hydrogen (secondary N) is 2. The third kappa shape index (κ3) is 4.31. The van der Waals surface area contributed by atoms with Gasteiger partial charge in [-0.3, -0.25) is 9.59 Å². The fourth-order valence-electron chi connectivity index (χ4n) is 2.36. The minimum absolute atomic E-state index is 0.302. The van der Waals surface area contributed by atoms with Crippen molar-refractivity contribution in [3.05, 3.63) is 93.4 Å². The van der Waals surface area contributed by atoms with Crippen molar-refractivity contribution in [2.75, 3.05) is 10.6 Å². The maximum absolute atomic E-state index is 12.6. The molecule has 26 heavy (non-hydrogen) atoms. The van der Waals surface area contributed by atoms with E-state index in [1.807, 2.05) is 6.07 Å². The van der Waals surface area contributed by atoms with Crippen LogP contribution in [0, 0.1) is 0 Å². The predicted molar refractivity (Wildman–Crippen MR) is 108 cm³/mol. The first-order valence-corrected chi connectivity index (χ1v) is 8.93. The Morgan fingerprint density at radius 3 is 2.00 bits per heavy atom. The first-order valence-electron chi connectivity index (χ1n) is 7.76. The lowest BCUT2D eigenvalue weighted by molar-refractivity contribution is 0.102. The van der Waals surface area contributed by atoms with E-state index < -0.39 is 0 Å². The monoisotopic (exact) mass is 428 g/mol. The Bertz CT molecular complexity index is 958. The molecule has 3 aromatic carbocycles. The topological polar surface area (TPSA) is 58.2 Å². The van der Waals surface area contributed by atoms with Gasteiger partial charge in [-0.1, -0.05) is 35.9 Å². The lowest BCUT2D eigenvalue weighted by atomic mass is 10.1. The fourth-order valence-corrected chi connectivity index (χ4v) is 2.95. The molecule has 2 N–H and O–H groups in total. The zero-order valence-corrected chi connectivity index (χ0v) is 15.8. The van der Waals surface area contributed by atoms with Crippen LogP contribution in [0.5, 0.6) is 0 Å². The van der Waals surface area contributed by atoms with Crippen molar-refractivity contribution in [2.45, 2.75) is 0 Å². The molecule has 0 aliphatic heterocycles. The maximum atomic E-state index is 12.6. The van der Waals surface area contributed by atoms with Gasteiger partial charge in [0.2, 0.25) is 0 Å². The summed E-state index contributed by atoms with van der Waals surface area (Å²) in [5.41, 5.74) is 1.90. The highest BCUT2D eigenvalue weighted by atomic mass is 79.9. The Balaban J connectivity index is 1.81. The highest BCUT2D eigenvalue weighted by Crippen LogP contribution is 2.21. The number of hydrogen-bond donors (Lipinski definition) is 2. The number of rotatable bonds is 4. The van der Waals surface area contributed by atoms with Gasteiger partial charge in [0.25, 0.3) is 11.8 Å². The fraction of sp³-hybridized carbons (Fsp3) is 0. The lowest BCUT2D eigenvalue weighted by Gasteiger charge is -2.12. The van der Waals surface area contributed by atoms with Crippen LogP contribution in [0.4, 0.5) is 11.4 Å². The van der Waals surface area contributed by atoms with Crippen LogP contribution in [-0.4, -0.2) is 11.8 Å². The summed E-state index contributed by atoms with van der Waals surface area (Å²) in [5.74, 6) is -0.625. The van der Waals surface area contributed by atoms with Gasteiger partial charge in [-0.25, -0.2) is 0 Å². The van der Waals surface area contributed by atoms with E-state index in [2.05, 4.69) is 26.6 Å². The summed E-state index contributed by atoms with van der Waals surface area (Å²) < 4.78 is 0.681. The van der Waals surface area contributed by atoms with Gasteiger partial charge >= 0.3 is 0 Å². The first kappa shape index (κ1) is 18.2. The minimum atomic E-state index is -0.324. The Kier molecular flexibility index (Phi) is 5.71. The van der Waals surface area contributed by atoms with Gasteiger partial charge in [0.1, 0.15) is 0 Å². The molecule has 6 heteroatoms. The van der Waals surface area contributed by atoms with E-state index in [9.17, 15) is 9.59 Å². The second-order valence-corrected chi connectivity index (χ2v) is 6.73. The van der Waals surface area contributed by atoms with Crippen LogP contribution in [0.25, 0.3) is 0 Å². The summed E-state index contributed by atoms with van der Waals surface area (Å²) in [5, 5.41) is 6.17. The summed E-state index contributed by atoms with van der Waals surface area (Å²) in [6.45, 7) is 0. The summed E-state index contributed by atoms with van der Waals surface area (Å²) >= 11 is 9.21. The van der Waals surface area contributed by atoms with E-state index in [1.165, 1.54) is 0 Å². The second kappa shape index (κ2) is 8.17. The van der Waals surface area contributed by atoms with Gasteiger partial charge in [-0.15, -0.1) is 0 Å². The molecule has 0 aliphatic carbocycles. The Hall–Kier alpha value is -2.63. The first-order chi connectivity index (χ1) is 12.5. The Morgan fingerprint density at radius 1 is 0.731 bits per heavy atom. The average molecular weight is 430 g/mol. The standard InChI is InChI=1S/C20H14BrClN2O2/c21-17-7-3-1-5-15(17)19(25)24-18-8-4-2-6-16(18)20(26)23-14-11-9-13(22)10-12-14/h1-12H,(H,23,26)(H,24,25). The van der Waals surface area contributed by atoms with Crippen molar-refractivity contribution in [1.82, 2.24) is 0 Å². The molecular weight excluding hydrogens is 416 g/mol. The van der Waals surface area contributed by atoms with E-state index in [1.54, 1.807) is 66.7 Å². The van der Waals surface area contributed by atoms with E-state index in [4.69, 9.17) is 11.6 Å². The molecule has 130 valence electrons. The number of hydrogen-bond acceptors (Lipinski definition) is 2. The van der Waals surface area contributed by atoms with Crippen LogP contribution in [0.1, 0.15) is 20.7 Å². The van der Waals surface area contributed by atoms with Crippen LogP contribution in [0.15, 0.2) is 77.3 Å². The third-order valence-corrected chi connectivity index (χ3v) is 4.58. The summed E-state index contributed by atoms with van der Waals surface area (Å²) in [4.78, 5) is 25.1. The molecule has 0 unspecified atom stereocenters. The number of carbonyl (C=O) groups is 2. The molecule has 0 heterocycles. The quantitative estimate of drug-likeness (QED) is 0.566. The number of benzene rings is 3. The van der Waals surface area contributed by atoms with Gasteiger partial charge in [-0.2, -0.15) is 0 Å². The number of halogens is 2. The van der Waals surface area contributed by atoms with Crippen LogP contribution in [0.3, 0.4) is 0 Å². The van der Waals surface area contributed by atoms with E-state index in [0.29, 0.717) is 32.0 Å². The largest absolute Gasteiger partial charge is 0.322 e. The number of carbonyl (C=O) groups excluding carboxylic acids is 2. The van der Waals surface area contributed by atoms with E-state index >= 15 is 0 Å². The van der Waals surface area contributed by atoms with Crippen molar-refractivity contribution in [3.63, 3.8) is 0 Å². The molecule has 0 saturated carbocycles. The molecule has 0 fully saturated rings. The van der Waals surface area contributed by atoms with Gasteiger partial charge in [0.05, 0.1) is 16.8 Å². The zero-order chi connectivity index (χ0) is 18.5. The molecule has 0 aliphatic rings. The van der Waals surface area contributed by atoms with Crippen molar-refractivity contribution < 1.29 is 9.59 Å². The number of amides is 2. The zero-order valence-electron chi connectivity index (χ0n) is 13.5. The maximum Gasteiger partial charge on any atom is 0.257 e. The highest BCUT2D eigenvalue weighted by molar-refractivity contribution is 9.10. The smallest absolute Gasteiger partial charge is 0.257 e. The number of anilines is 2. The normalized spacial score (nSPS) is 10.2. The van der Waals surface area contributed by atoms with Gasteiger partial charge in [0.15, 0.2) is 0 Å².